The molecule has 2 heterocycles. The van der Waals surface area contributed by atoms with Gasteiger partial charge in [0.25, 0.3) is 0 Å². The fourth-order valence-corrected chi connectivity index (χ4v) is 4.08. The number of guanidine groups is 1. The Morgan fingerprint density at radius 2 is 2.17 bits per heavy atom. The molecule has 1 spiro atoms. The fraction of sp³-hybridized carbons (Fsp3) is 0.789. The summed E-state index contributed by atoms with van der Waals surface area (Å²) < 4.78 is 2.11. The zero-order valence-corrected chi connectivity index (χ0v) is 15.8. The summed E-state index contributed by atoms with van der Waals surface area (Å²) >= 11 is 0. The summed E-state index contributed by atoms with van der Waals surface area (Å²) in [7, 11) is 0. The van der Waals surface area contributed by atoms with Gasteiger partial charge in [0.1, 0.15) is 0 Å². The Bertz CT molecular complexity index is 585. The third-order valence-corrected chi connectivity index (χ3v) is 5.63. The molecule has 1 atom stereocenters. The van der Waals surface area contributed by atoms with Crippen molar-refractivity contribution in [2.24, 2.45) is 16.3 Å². The minimum atomic E-state index is 0.483. The van der Waals surface area contributed by atoms with Crippen LogP contribution >= 0.6 is 0 Å². The average molecular weight is 332 g/mol. The van der Waals surface area contributed by atoms with E-state index in [1.54, 1.807) is 0 Å². The molecule has 0 radical (unpaired) electrons. The van der Waals surface area contributed by atoms with Crippen molar-refractivity contribution in [1.29, 1.82) is 0 Å². The first-order chi connectivity index (χ1) is 11.5. The quantitative estimate of drug-likeness (QED) is 0.666. The lowest BCUT2D eigenvalue weighted by atomic mass is 9.68. The molecular weight excluding hydrogens is 298 g/mol. The number of nitrogens with one attached hydrogen (secondary N) is 1. The van der Waals surface area contributed by atoms with Crippen LogP contribution in [0.4, 0.5) is 0 Å². The summed E-state index contributed by atoms with van der Waals surface area (Å²) in [6, 6.07) is 2.14. The van der Waals surface area contributed by atoms with Crippen LogP contribution in [0.1, 0.15) is 50.9 Å². The van der Waals surface area contributed by atoms with Crippen LogP contribution in [-0.2, 0) is 6.54 Å². The van der Waals surface area contributed by atoms with Gasteiger partial charge in [-0.3, -0.25) is 9.67 Å². The van der Waals surface area contributed by atoms with Gasteiger partial charge in [0.05, 0.1) is 5.69 Å². The smallest absolute Gasteiger partial charge is 0.193 e. The third kappa shape index (κ3) is 3.76. The standard InChI is InChI=1S/C19H33N5/c1-5-20-18(23-10-9-19(14-23)7-6-8-19)21-12-15(2)13-24-17(4)11-16(3)22-24/h11,15H,5-10,12-14H2,1-4H3,(H,20,21). The predicted octanol–water partition coefficient (Wildman–Crippen LogP) is 2.98. The first-order valence-corrected chi connectivity index (χ1v) is 9.56. The second kappa shape index (κ2) is 7.16. The van der Waals surface area contributed by atoms with Crippen molar-refractivity contribution >= 4 is 5.96 Å². The van der Waals surface area contributed by atoms with Gasteiger partial charge in [-0.05, 0) is 57.4 Å². The van der Waals surface area contributed by atoms with E-state index < -0.39 is 0 Å². The predicted molar refractivity (Wildman–Crippen MR) is 99.3 cm³/mol. The highest BCUT2D eigenvalue weighted by Gasteiger charge is 2.43. The van der Waals surface area contributed by atoms with Gasteiger partial charge >= 0.3 is 0 Å². The van der Waals surface area contributed by atoms with E-state index in [4.69, 9.17) is 4.99 Å². The number of rotatable bonds is 5. The van der Waals surface area contributed by atoms with Crippen LogP contribution in [0.3, 0.4) is 0 Å². The van der Waals surface area contributed by atoms with Crippen LogP contribution < -0.4 is 5.32 Å². The molecule has 1 aromatic rings. The van der Waals surface area contributed by atoms with E-state index in [1.807, 2.05) is 0 Å². The maximum absolute atomic E-state index is 4.94. The number of aliphatic imine (C=N–C) groups is 1. The van der Waals surface area contributed by atoms with Gasteiger partial charge in [-0.1, -0.05) is 13.3 Å². The Balaban J connectivity index is 1.58. The highest BCUT2D eigenvalue weighted by molar-refractivity contribution is 5.80. The van der Waals surface area contributed by atoms with Crippen molar-refractivity contribution < 1.29 is 0 Å². The second-order valence-electron chi connectivity index (χ2n) is 7.93. The third-order valence-electron chi connectivity index (χ3n) is 5.63. The van der Waals surface area contributed by atoms with Gasteiger partial charge in [-0.15, -0.1) is 0 Å². The molecule has 1 saturated carbocycles. The average Bonchev–Trinajstić information content (AvgIpc) is 3.07. The molecule has 3 rings (SSSR count). The molecule has 134 valence electrons. The molecule has 1 aliphatic carbocycles. The molecule has 2 aliphatic rings. The molecule has 0 bridgehead atoms. The highest BCUT2D eigenvalue weighted by atomic mass is 15.3. The van der Waals surface area contributed by atoms with Crippen molar-refractivity contribution in [2.75, 3.05) is 26.2 Å². The van der Waals surface area contributed by atoms with E-state index in [0.29, 0.717) is 11.3 Å². The first-order valence-electron chi connectivity index (χ1n) is 9.56. The van der Waals surface area contributed by atoms with Crippen molar-refractivity contribution in [1.82, 2.24) is 20.0 Å². The van der Waals surface area contributed by atoms with Crippen LogP contribution in [0.15, 0.2) is 11.1 Å². The molecule has 5 heteroatoms. The van der Waals surface area contributed by atoms with Crippen LogP contribution in [0.25, 0.3) is 0 Å². The van der Waals surface area contributed by atoms with E-state index >= 15 is 0 Å². The van der Waals surface area contributed by atoms with E-state index in [2.05, 4.69) is 53.8 Å². The lowest BCUT2D eigenvalue weighted by Crippen LogP contribution is -2.42. The van der Waals surface area contributed by atoms with Crippen molar-refractivity contribution in [3.63, 3.8) is 0 Å². The summed E-state index contributed by atoms with van der Waals surface area (Å²) in [5.41, 5.74) is 2.95. The molecule has 5 nitrogen and oxygen atoms in total. The lowest BCUT2D eigenvalue weighted by Gasteiger charge is -2.38. The van der Waals surface area contributed by atoms with E-state index in [0.717, 1.165) is 37.8 Å². The molecule has 1 aliphatic heterocycles. The van der Waals surface area contributed by atoms with E-state index in [-0.39, 0.29) is 0 Å². The minimum absolute atomic E-state index is 0.483. The van der Waals surface area contributed by atoms with Crippen LogP contribution in [-0.4, -0.2) is 46.8 Å². The summed E-state index contributed by atoms with van der Waals surface area (Å²) in [5, 5.41) is 8.07. The number of hydrogen-bond acceptors (Lipinski definition) is 2. The Labute approximate surface area is 146 Å². The van der Waals surface area contributed by atoms with Crippen LogP contribution in [0, 0.1) is 25.2 Å². The molecule has 1 aromatic heterocycles. The molecule has 24 heavy (non-hydrogen) atoms. The van der Waals surface area contributed by atoms with Crippen LogP contribution in [0.2, 0.25) is 0 Å². The van der Waals surface area contributed by atoms with Gasteiger partial charge < -0.3 is 10.2 Å². The maximum Gasteiger partial charge on any atom is 0.193 e. The van der Waals surface area contributed by atoms with Crippen molar-refractivity contribution in [3.8, 4) is 0 Å². The van der Waals surface area contributed by atoms with E-state index in [9.17, 15) is 0 Å². The molecule has 1 saturated heterocycles. The Hall–Kier alpha value is -1.52. The molecule has 1 N–H and O–H groups in total. The molecule has 0 aromatic carbocycles. The highest BCUT2D eigenvalue weighted by Crippen LogP contribution is 2.47. The summed E-state index contributed by atoms with van der Waals surface area (Å²) in [5.74, 6) is 1.60. The van der Waals surface area contributed by atoms with Gasteiger partial charge in [0.2, 0.25) is 0 Å². The Kier molecular flexibility index (Phi) is 5.16. The maximum atomic E-state index is 4.94. The van der Waals surface area contributed by atoms with Gasteiger partial charge in [-0.2, -0.15) is 5.10 Å². The number of aromatic nitrogens is 2. The number of aryl methyl sites for hydroxylation is 2. The fourth-order valence-electron chi connectivity index (χ4n) is 4.08. The van der Waals surface area contributed by atoms with E-state index in [1.165, 1.54) is 37.9 Å². The lowest BCUT2D eigenvalue weighted by molar-refractivity contribution is 0.151. The summed E-state index contributed by atoms with van der Waals surface area (Å²) in [6.45, 7) is 13.7. The number of likely N-dealkylation sites (tertiary alicyclic amines) is 1. The largest absolute Gasteiger partial charge is 0.357 e. The second-order valence-corrected chi connectivity index (χ2v) is 7.93. The van der Waals surface area contributed by atoms with Crippen molar-refractivity contribution in [3.05, 3.63) is 17.5 Å². The van der Waals surface area contributed by atoms with Gasteiger partial charge in [0, 0.05) is 38.4 Å². The Morgan fingerprint density at radius 3 is 2.71 bits per heavy atom. The topological polar surface area (TPSA) is 45.5 Å². The summed E-state index contributed by atoms with van der Waals surface area (Å²) in [4.78, 5) is 7.43. The molecular formula is C19H33N5. The SMILES string of the molecule is CCNC(=NCC(C)Cn1nc(C)cc1C)N1CCC2(CCC2)C1. The van der Waals surface area contributed by atoms with Crippen LogP contribution in [0.5, 0.6) is 0 Å². The number of hydrogen-bond donors (Lipinski definition) is 1. The first kappa shape index (κ1) is 17.3. The summed E-state index contributed by atoms with van der Waals surface area (Å²) in [6.07, 6.45) is 5.59. The Morgan fingerprint density at radius 1 is 1.38 bits per heavy atom. The number of nitrogens with zero attached hydrogens (tertiary/aromatic N) is 4. The molecule has 0 amide bonds. The zero-order valence-electron chi connectivity index (χ0n) is 15.8. The monoisotopic (exact) mass is 331 g/mol. The van der Waals surface area contributed by atoms with Crippen molar-refractivity contribution in [2.45, 2.75) is 59.9 Å². The zero-order chi connectivity index (χ0) is 17.2. The minimum Gasteiger partial charge on any atom is -0.357 e. The molecule has 2 fully saturated rings. The molecule has 1 unspecified atom stereocenters. The van der Waals surface area contributed by atoms with Gasteiger partial charge in [0.15, 0.2) is 5.96 Å². The van der Waals surface area contributed by atoms with Gasteiger partial charge in [-0.25, -0.2) is 0 Å². The normalized spacial score (nSPS) is 21.2.